The Labute approximate surface area is 117 Å². The van der Waals surface area contributed by atoms with Crippen LogP contribution in [0.3, 0.4) is 0 Å². The van der Waals surface area contributed by atoms with Crippen LogP contribution in [0.15, 0.2) is 24.3 Å². The van der Waals surface area contributed by atoms with E-state index < -0.39 is 18.0 Å². The van der Waals surface area contributed by atoms with Gasteiger partial charge in [0.05, 0.1) is 0 Å². The van der Waals surface area contributed by atoms with Gasteiger partial charge in [-0.05, 0) is 43.5 Å². The van der Waals surface area contributed by atoms with Gasteiger partial charge in [-0.3, -0.25) is 0 Å². The molecule has 6 nitrogen and oxygen atoms in total. The fraction of sp³-hybridized carbons (Fsp3) is 0.429. The summed E-state index contributed by atoms with van der Waals surface area (Å²) in [6.07, 6.45) is 1.71. The van der Waals surface area contributed by atoms with Crippen LogP contribution in [0.5, 0.6) is 0 Å². The van der Waals surface area contributed by atoms with E-state index in [1.165, 1.54) is 0 Å². The second kappa shape index (κ2) is 6.38. The maximum absolute atomic E-state index is 11.8. The molecule has 1 fully saturated rings. The number of anilines is 1. The molecule has 0 saturated heterocycles. The lowest BCUT2D eigenvalue weighted by Gasteiger charge is -2.14. The van der Waals surface area contributed by atoms with Crippen molar-refractivity contribution in [2.24, 2.45) is 5.92 Å². The van der Waals surface area contributed by atoms with Crippen molar-refractivity contribution in [1.82, 2.24) is 10.6 Å². The number of carboxylic acids is 1. The van der Waals surface area contributed by atoms with Crippen LogP contribution in [0.1, 0.15) is 18.4 Å². The Kier molecular flexibility index (Phi) is 4.57. The molecular weight excluding hydrogens is 258 g/mol. The highest BCUT2D eigenvalue weighted by atomic mass is 16.4. The fourth-order valence-corrected chi connectivity index (χ4v) is 2.08. The summed E-state index contributed by atoms with van der Waals surface area (Å²) in [5.74, 6) is -0.916. The lowest BCUT2D eigenvalue weighted by molar-refractivity contribution is -0.139. The van der Waals surface area contributed by atoms with Gasteiger partial charge in [-0.25, -0.2) is 9.59 Å². The van der Waals surface area contributed by atoms with Crippen LogP contribution in [0, 0.1) is 5.92 Å². The van der Waals surface area contributed by atoms with Gasteiger partial charge in [0.1, 0.15) is 6.04 Å². The van der Waals surface area contributed by atoms with Crippen molar-refractivity contribution in [3.8, 4) is 0 Å². The van der Waals surface area contributed by atoms with Crippen LogP contribution in [-0.4, -0.2) is 30.2 Å². The van der Waals surface area contributed by atoms with Crippen molar-refractivity contribution < 1.29 is 14.7 Å². The first-order valence-electron chi connectivity index (χ1n) is 6.64. The van der Waals surface area contributed by atoms with Crippen LogP contribution in [0.25, 0.3) is 0 Å². The van der Waals surface area contributed by atoms with Gasteiger partial charge < -0.3 is 21.1 Å². The number of hydrogen-bond acceptors (Lipinski definition) is 3. The van der Waals surface area contributed by atoms with E-state index in [1.54, 1.807) is 6.07 Å². The van der Waals surface area contributed by atoms with Crippen LogP contribution >= 0.6 is 0 Å². The molecule has 2 rings (SSSR count). The molecule has 0 bridgehead atoms. The highest BCUT2D eigenvalue weighted by Crippen LogP contribution is 2.32. The van der Waals surface area contributed by atoms with Gasteiger partial charge in [0.2, 0.25) is 0 Å². The zero-order chi connectivity index (χ0) is 14.5. The SMILES string of the molecule is CNCc1cccc(NC(=O)NC(C(=O)O)C2CC2)c1. The minimum atomic E-state index is -0.980. The molecule has 0 heterocycles. The van der Waals surface area contributed by atoms with Gasteiger partial charge in [-0.1, -0.05) is 12.1 Å². The minimum Gasteiger partial charge on any atom is -0.480 e. The average molecular weight is 277 g/mol. The molecule has 0 radical (unpaired) electrons. The lowest BCUT2D eigenvalue weighted by Crippen LogP contribution is -2.44. The lowest BCUT2D eigenvalue weighted by atomic mass is 10.2. The van der Waals surface area contributed by atoms with Crippen molar-refractivity contribution >= 4 is 17.7 Å². The van der Waals surface area contributed by atoms with Crippen LogP contribution in [-0.2, 0) is 11.3 Å². The summed E-state index contributed by atoms with van der Waals surface area (Å²) < 4.78 is 0. The fourth-order valence-electron chi connectivity index (χ4n) is 2.08. The Hall–Kier alpha value is -2.08. The van der Waals surface area contributed by atoms with Crippen LogP contribution < -0.4 is 16.0 Å². The smallest absolute Gasteiger partial charge is 0.326 e. The first-order chi connectivity index (χ1) is 9.60. The first kappa shape index (κ1) is 14.3. The number of benzene rings is 1. The molecule has 1 aromatic carbocycles. The van der Waals surface area contributed by atoms with Crippen LogP contribution in [0.2, 0.25) is 0 Å². The van der Waals surface area contributed by atoms with E-state index in [4.69, 9.17) is 5.11 Å². The first-order valence-corrected chi connectivity index (χ1v) is 6.64. The molecule has 0 aliphatic heterocycles. The maximum atomic E-state index is 11.8. The van der Waals surface area contributed by atoms with Gasteiger partial charge in [0, 0.05) is 12.2 Å². The predicted octanol–water partition coefficient (Wildman–Crippen LogP) is 1.39. The van der Waals surface area contributed by atoms with E-state index in [0.717, 1.165) is 18.4 Å². The molecule has 108 valence electrons. The minimum absolute atomic E-state index is 0.0638. The highest BCUT2D eigenvalue weighted by molar-refractivity contribution is 5.92. The third kappa shape index (κ3) is 3.96. The summed E-state index contributed by atoms with van der Waals surface area (Å²) in [7, 11) is 1.85. The number of urea groups is 1. The van der Waals surface area contributed by atoms with E-state index in [1.807, 2.05) is 25.2 Å². The van der Waals surface area contributed by atoms with Crippen molar-refractivity contribution in [3.63, 3.8) is 0 Å². The summed E-state index contributed by atoms with van der Waals surface area (Å²) in [6, 6.07) is 6.14. The number of aliphatic carboxylic acids is 1. The highest BCUT2D eigenvalue weighted by Gasteiger charge is 2.37. The monoisotopic (exact) mass is 277 g/mol. The second-order valence-electron chi connectivity index (χ2n) is 4.98. The molecule has 1 aliphatic rings. The zero-order valence-electron chi connectivity index (χ0n) is 11.3. The molecular formula is C14H19N3O3. The van der Waals surface area contributed by atoms with Gasteiger partial charge in [0.15, 0.2) is 0 Å². The number of amides is 2. The molecule has 20 heavy (non-hydrogen) atoms. The summed E-state index contributed by atoms with van der Waals surface area (Å²) in [5, 5.41) is 17.3. The van der Waals surface area contributed by atoms with Crippen LogP contribution in [0.4, 0.5) is 10.5 Å². The summed E-state index contributed by atoms with van der Waals surface area (Å²) in [4.78, 5) is 22.9. The summed E-state index contributed by atoms with van der Waals surface area (Å²) in [5.41, 5.74) is 1.69. The Balaban J connectivity index is 1.93. The average Bonchev–Trinajstić information content (AvgIpc) is 3.20. The topological polar surface area (TPSA) is 90.5 Å². The van der Waals surface area contributed by atoms with E-state index in [-0.39, 0.29) is 5.92 Å². The molecule has 1 saturated carbocycles. The largest absolute Gasteiger partial charge is 0.480 e. The Morgan fingerprint density at radius 3 is 2.75 bits per heavy atom. The predicted molar refractivity (Wildman–Crippen MR) is 75.5 cm³/mol. The number of carbonyl (C=O) groups is 2. The standard InChI is InChI=1S/C14H19N3O3/c1-15-8-9-3-2-4-11(7-9)16-14(20)17-12(13(18)19)10-5-6-10/h2-4,7,10,12,15H,5-6,8H2,1H3,(H,18,19)(H2,16,17,20). The molecule has 2 amide bonds. The molecule has 0 aromatic heterocycles. The molecule has 0 spiro atoms. The summed E-state index contributed by atoms with van der Waals surface area (Å²) >= 11 is 0. The number of carbonyl (C=O) groups excluding carboxylic acids is 1. The number of hydrogen-bond donors (Lipinski definition) is 4. The van der Waals surface area contributed by atoms with Gasteiger partial charge in [-0.2, -0.15) is 0 Å². The van der Waals surface area contributed by atoms with E-state index in [2.05, 4.69) is 16.0 Å². The van der Waals surface area contributed by atoms with Gasteiger partial charge in [0.25, 0.3) is 0 Å². The van der Waals surface area contributed by atoms with E-state index >= 15 is 0 Å². The van der Waals surface area contributed by atoms with Crippen molar-refractivity contribution in [2.45, 2.75) is 25.4 Å². The summed E-state index contributed by atoms with van der Waals surface area (Å²) in [6.45, 7) is 0.705. The van der Waals surface area contributed by atoms with Crippen molar-refractivity contribution in [2.75, 3.05) is 12.4 Å². The Bertz CT molecular complexity index is 500. The third-order valence-corrected chi connectivity index (χ3v) is 3.21. The van der Waals surface area contributed by atoms with Gasteiger partial charge >= 0.3 is 12.0 Å². The normalized spacial score (nSPS) is 15.4. The van der Waals surface area contributed by atoms with Crippen molar-refractivity contribution in [1.29, 1.82) is 0 Å². The number of rotatable bonds is 6. The van der Waals surface area contributed by atoms with E-state index in [0.29, 0.717) is 12.2 Å². The zero-order valence-corrected chi connectivity index (χ0v) is 11.3. The molecule has 1 atom stereocenters. The molecule has 1 unspecified atom stereocenters. The number of carboxylic acid groups (broad SMARTS) is 1. The third-order valence-electron chi connectivity index (χ3n) is 3.21. The second-order valence-corrected chi connectivity index (χ2v) is 4.98. The molecule has 1 aromatic rings. The van der Waals surface area contributed by atoms with Crippen molar-refractivity contribution in [3.05, 3.63) is 29.8 Å². The molecule has 6 heteroatoms. The van der Waals surface area contributed by atoms with Gasteiger partial charge in [-0.15, -0.1) is 0 Å². The molecule has 4 N–H and O–H groups in total. The Morgan fingerprint density at radius 2 is 2.15 bits per heavy atom. The van der Waals surface area contributed by atoms with E-state index in [9.17, 15) is 9.59 Å². The number of nitrogens with one attached hydrogen (secondary N) is 3. The maximum Gasteiger partial charge on any atom is 0.326 e. The quantitative estimate of drug-likeness (QED) is 0.632. The Morgan fingerprint density at radius 1 is 1.40 bits per heavy atom. The molecule has 1 aliphatic carbocycles.